The van der Waals surface area contributed by atoms with Crippen LogP contribution in [0.5, 0.6) is 5.75 Å². The van der Waals surface area contributed by atoms with Crippen molar-refractivity contribution >= 4 is 5.97 Å². The molecule has 128 valence electrons. The SMILES string of the molecule is CCOC(=O)COc1ccc(-c2noc(-c3ccccc3)c2C)cc1. The summed E-state index contributed by atoms with van der Waals surface area (Å²) in [5, 5.41) is 4.20. The summed E-state index contributed by atoms with van der Waals surface area (Å²) in [6.45, 7) is 3.99. The van der Waals surface area contributed by atoms with Crippen LogP contribution in [0.25, 0.3) is 22.6 Å². The van der Waals surface area contributed by atoms with Crippen molar-refractivity contribution in [3.8, 4) is 28.3 Å². The molecule has 5 heteroatoms. The Kier molecular flexibility index (Phi) is 5.14. The first-order valence-corrected chi connectivity index (χ1v) is 8.09. The second-order valence-electron chi connectivity index (χ2n) is 5.47. The van der Waals surface area contributed by atoms with Crippen LogP contribution in [0.15, 0.2) is 59.1 Å². The van der Waals surface area contributed by atoms with E-state index >= 15 is 0 Å². The number of carbonyl (C=O) groups is 1. The quantitative estimate of drug-likeness (QED) is 0.629. The number of hydrogen-bond donors (Lipinski definition) is 0. The van der Waals surface area contributed by atoms with E-state index < -0.39 is 0 Å². The first kappa shape index (κ1) is 16.8. The first-order valence-electron chi connectivity index (χ1n) is 8.09. The Morgan fingerprint density at radius 2 is 1.76 bits per heavy atom. The fourth-order valence-electron chi connectivity index (χ4n) is 2.52. The van der Waals surface area contributed by atoms with Crippen molar-refractivity contribution < 1.29 is 18.8 Å². The van der Waals surface area contributed by atoms with Gasteiger partial charge in [-0.25, -0.2) is 4.79 Å². The molecule has 0 saturated heterocycles. The summed E-state index contributed by atoms with van der Waals surface area (Å²) < 4.78 is 15.8. The molecule has 5 nitrogen and oxygen atoms in total. The molecule has 3 rings (SSSR count). The van der Waals surface area contributed by atoms with Gasteiger partial charge in [0, 0.05) is 16.7 Å². The largest absolute Gasteiger partial charge is 0.482 e. The molecule has 25 heavy (non-hydrogen) atoms. The van der Waals surface area contributed by atoms with Gasteiger partial charge in [0.25, 0.3) is 0 Å². The Labute approximate surface area is 146 Å². The van der Waals surface area contributed by atoms with Gasteiger partial charge in [0.1, 0.15) is 11.4 Å². The van der Waals surface area contributed by atoms with Crippen LogP contribution in [0.3, 0.4) is 0 Å². The summed E-state index contributed by atoms with van der Waals surface area (Å²) >= 11 is 0. The monoisotopic (exact) mass is 337 g/mol. The molecule has 0 aliphatic carbocycles. The molecule has 0 amide bonds. The maximum absolute atomic E-state index is 11.3. The first-order chi connectivity index (χ1) is 12.2. The maximum atomic E-state index is 11.3. The Morgan fingerprint density at radius 1 is 1.04 bits per heavy atom. The molecule has 0 radical (unpaired) electrons. The minimum Gasteiger partial charge on any atom is -0.482 e. The summed E-state index contributed by atoms with van der Waals surface area (Å²) in [6, 6.07) is 17.2. The lowest BCUT2D eigenvalue weighted by Crippen LogP contribution is -2.14. The average molecular weight is 337 g/mol. The molecule has 0 saturated carbocycles. The van der Waals surface area contributed by atoms with E-state index in [-0.39, 0.29) is 12.6 Å². The number of hydrogen-bond acceptors (Lipinski definition) is 5. The lowest BCUT2D eigenvalue weighted by Gasteiger charge is -2.06. The normalized spacial score (nSPS) is 10.5. The van der Waals surface area contributed by atoms with Crippen LogP contribution in [0.2, 0.25) is 0 Å². The van der Waals surface area contributed by atoms with Crippen molar-refractivity contribution in [1.82, 2.24) is 5.16 Å². The van der Waals surface area contributed by atoms with E-state index in [4.69, 9.17) is 14.0 Å². The van der Waals surface area contributed by atoms with Crippen LogP contribution in [-0.4, -0.2) is 24.3 Å². The van der Waals surface area contributed by atoms with Crippen LogP contribution >= 0.6 is 0 Å². The van der Waals surface area contributed by atoms with Gasteiger partial charge in [0.15, 0.2) is 12.4 Å². The van der Waals surface area contributed by atoms with Gasteiger partial charge in [-0.1, -0.05) is 35.5 Å². The van der Waals surface area contributed by atoms with Crippen molar-refractivity contribution in [1.29, 1.82) is 0 Å². The molecule has 0 bridgehead atoms. The standard InChI is InChI=1S/C20H19NO4/c1-3-23-18(22)13-24-17-11-9-15(10-12-17)19-14(2)20(25-21-19)16-7-5-4-6-8-16/h4-12H,3,13H2,1-2H3. The number of rotatable bonds is 6. The van der Waals surface area contributed by atoms with Crippen LogP contribution in [0.4, 0.5) is 0 Å². The number of carbonyl (C=O) groups excluding carboxylic acids is 1. The molecule has 0 unspecified atom stereocenters. The van der Waals surface area contributed by atoms with E-state index in [9.17, 15) is 4.79 Å². The summed E-state index contributed by atoms with van der Waals surface area (Å²) in [7, 11) is 0. The van der Waals surface area contributed by atoms with Gasteiger partial charge in [0.05, 0.1) is 6.61 Å². The lowest BCUT2D eigenvalue weighted by atomic mass is 10.0. The minimum atomic E-state index is -0.383. The van der Waals surface area contributed by atoms with Crippen molar-refractivity contribution in [3.05, 3.63) is 60.2 Å². The molecule has 0 fully saturated rings. The Balaban J connectivity index is 1.75. The molecule has 1 aromatic heterocycles. The van der Waals surface area contributed by atoms with Crippen LogP contribution in [-0.2, 0) is 9.53 Å². The van der Waals surface area contributed by atoms with E-state index in [0.717, 1.165) is 28.1 Å². The molecular weight excluding hydrogens is 318 g/mol. The molecule has 1 heterocycles. The topological polar surface area (TPSA) is 61.6 Å². The van der Waals surface area contributed by atoms with Crippen LogP contribution < -0.4 is 4.74 Å². The smallest absolute Gasteiger partial charge is 0.344 e. The van der Waals surface area contributed by atoms with Crippen molar-refractivity contribution in [2.45, 2.75) is 13.8 Å². The summed E-state index contributed by atoms with van der Waals surface area (Å²) in [5.41, 5.74) is 3.68. The fourth-order valence-corrected chi connectivity index (χ4v) is 2.52. The van der Waals surface area contributed by atoms with Gasteiger partial charge < -0.3 is 14.0 Å². The van der Waals surface area contributed by atoms with E-state index in [2.05, 4.69) is 5.16 Å². The summed E-state index contributed by atoms with van der Waals surface area (Å²) in [4.78, 5) is 11.3. The van der Waals surface area contributed by atoms with Crippen molar-refractivity contribution in [2.24, 2.45) is 0 Å². The van der Waals surface area contributed by atoms with Gasteiger partial charge in [-0.15, -0.1) is 0 Å². The molecule has 0 atom stereocenters. The van der Waals surface area contributed by atoms with Crippen molar-refractivity contribution in [2.75, 3.05) is 13.2 Å². The Hall–Kier alpha value is -3.08. The Morgan fingerprint density at radius 3 is 2.44 bits per heavy atom. The van der Waals surface area contributed by atoms with Gasteiger partial charge in [-0.2, -0.15) is 0 Å². The number of aromatic nitrogens is 1. The third-order valence-electron chi connectivity index (χ3n) is 3.75. The molecule has 0 spiro atoms. The number of esters is 1. The van der Waals surface area contributed by atoms with E-state index in [1.807, 2.05) is 49.4 Å². The highest BCUT2D eigenvalue weighted by atomic mass is 16.6. The average Bonchev–Trinajstić information content (AvgIpc) is 3.03. The third kappa shape index (κ3) is 3.88. The highest BCUT2D eigenvalue weighted by Crippen LogP contribution is 2.32. The van der Waals surface area contributed by atoms with Gasteiger partial charge in [-0.3, -0.25) is 0 Å². The second-order valence-corrected chi connectivity index (χ2v) is 5.47. The number of nitrogens with zero attached hydrogens (tertiary/aromatic N) is 1. The molecule has 2 aromatic carbocycles. The molecular formula is C20H19NO4. The highest BCUT2D eigenvalue weighted by molar-refractivity contribution is 5.73. The number of ether oxygens (including phenoxy) is 2. The third-order valence-corrected chi connectivity index (χ3v) is 3.75. The molecule has 3 aromatic rings. The van der Waals surface area contributed by atoms with Gasteiger partial charge in [0.2, 0.25) is 0 Å². The zero-order valence-electron chi connectivity index (χ0n) is 14.2. The summed E-state index contributed by atoms with van der Waals surface area (Å²) in [5.74, 6) is 0.978. The minimum absolute atomic E-state index is 0.103. The molecule has 0 N–H and O–H groups in total. The fraction of sp³-hybridized carbons (Fsp3) is 0.200. The van der Waals surface area contributed by atoms with E-state index in [0.29, 0.717) is 12.4 Å². The van der Waals surface area contributed by atoms with Crippen molar-refractivity contribution in [3.63, 3.8) is 0 Å². The predicted molar refractivity (Wildman–Crippen MR) is 94.2 cm³/mol. The zero-order valence-corrected chi connectivity index (χ0v) is 14.2. The predicted octanol–water partition coefficient (Wildman–Crippen LogP) is 4.26. The van der Waals surface area contributed by atoms with E-state index in [1.54, 1.807) is 19.1 Å². The van der Waals surface area contributed by atoms with E-state index in [1.165, 1.54) is 0 Å². The van der Waals surface area contributed by atoms with Gasteiger partial charge >= 0.3 is 5.97 Å². The summed E-state index contributed by atoms with van der Waals surface area (Å²) in [6.07, 6.45) is 0. The van der Waals surface area contributed by atoms with Crippen LogP contribution in [0.1, 0.15) is 12.5 Å². The second kappa shape index (κ2) is 7.66. The Bertz CT molecular complexity index is 838. The van der Waals surface area contributed by atoms with Crippen LogP contribution in [0, 0.1) is 6.92 Å². The molecule has 0 aliphatic heterocycles. The highest BCUT2D eigenvalue weighted by Gasteiger charge is 2.15. The maximum Gasteiger partial charge on any atom is 0.344 e. The zero-order chi connectivity index (χ0) is 17.6. The lowest BCUT2D eigenvalue weighted by molar-refractivity contribution is -0.145. The number of benzene rings is 2. The van der Waals surface area contributed by atoms with Gasteiger partial charge in [-0.05, 0) is 38.1 Å². The molecule has 0 aliphatic rings.